The van der Waals surface area contributed by atoms with E-state index in [2.05, 4.69) is 0 Å². The van der Waals surface area contributed by atoms with E-state index in [9.17, 15) is 4.79 Å². The largest absolute Gasteiger partial charge is 0.481 e. The maximum Gasteiger partial charge on any atom is 0.309 e. The second kappa shape index (κ2) is 9.38. The SMILES string of the molecule is CC(C)(CCCCCOCCCCCC1CC1)C(=O)O. The van der Waals surface area contributed by atoms with Crippen LogP contribution in [0.25, 0.3) is 0 Å². The van der Waals surface area contributed by atoms with Crippen molar-refractivity contribution in [1.29, 1.82) is 0 Å². The number of aliphatic carboxylic acids is 1. The van der Waals surface area contributed by atoms with Crippen LogP contribution in [-0.4, -0.2) is 24.3 Å². The van der Waals surface area contributed by atoms with E-state index in [1.165, 1.54) is 38.5 Å². The Labute approximate surface area is 124 Å². The third-order valence-electron chi connectivity index (χ3n) is 4.27. The molecule has 0 amide bonds. The van der Waals surface area contributed by atoms with Gasteiger partial charge in [0.05, 0.1) is 5.41 Å². The minimum atomic E-state index is -0.694. The summed E-state index contributed by atoms with van der Waals surface area (Å²) in [7, 11) is 0. The van der Waals surface area contributed by atoms with Crippen molar-refractivity contribution in [3.63, 3.8) is 0 Å². The summed E-state index contributed by atoms with van der Waals surface area (Å²) in [6, 6.07) is 0. The van der Waals surface area contributed by atoms with Crippen molar-refractivity contribution in [2.24, 2.45) is 11.3 Å². The summed E-state index contributed by atoms with van der Waals surface area (Å²) in [6.07, 6.45) is 12.1. The Hall–Kier alpha value is -0.570. The van der Waals surface area contributed by atoms with E-state index in [1.807, 2.05) is 0 Å². The first kappa shape index (κ1) is 17.5. The van der Waals surface area contributed by atoms with Crippen molar-refractivity contribution in [3.05, 3.63) is 0 Å². The monoisotopic (exact) mass is 284 g/mol. The van der Waals surface area contributed by atoms with Gasteiger partial charge in [-0.15, -0.1) is 0 Å². The van der Waals surface area contributed by atoms with Gasteiger partial charge in [0.1, 0.15) is 0 Å². The topological polar surface area (TPSA) is 46.5 Å². The molecule has 0 aromatic rings. The molecule has 20 heavy (non-hydrogen) atoms. The van der Waals surface area contributed by atoms with Gasteiger partial charge in [0.15, 0.2) is 0 Å². The predicted octanol–water partition coefficient (Wildman–Crippen LogP) is 4.64. The van der Waals surface area contributed by atoms with Gasteiger partial charge in [0, 0.05) is 13.2 Å². The van der Waals surface area contributed by atoms with Crippen LogP contribution in [0.1, 0.15) is 78.1 Å². The zero-order valence-corrected chi connectivity index (χ0v) is 13.3. The molecule has 1 aliphatic rings. The Kier molecular flexibility index (Phi) is 8.20. The Bertz CT molecular complexity index is 269. The van der Waals surface area contributed by atoms with Gasteiger partial charge in [-0.05, 0) is 39.0 Å². The number of hydrogen-bond donors (Lipinski definition) is 1. The fourth-order valence-corrected chi connectivity index (χ4v) is 2.38. The lowest BCUT2D eigenvalue weighted by Crippen LogP contribution is -2.23. The van der Waals surface area contributed by atoms with Crippen LogP contribution in [0.2, 0.25) is 0 Å². The number of rotatable bonds is 13. The van der Waals surface area contributed by atoms with Crippen LogP contribution in [0.15, 0.2) is 0 Å². The van der Waals surface area contributed by atoms with Crippen molar-refractivity contribution in [2.75, 3.05) is 13.2 Å². The standard InChI is InChI=1S/C17H32O3/c1-17(2,16(18)19)12-6-4-8-14-20-13-7-3-5-9-15-10-11-15/h15H,3-14H2,1-2H3,(H,18,19). The van der Waals surface area contributed by atoms with Crippen LogP contribution < -0.4 is 0 Å². The molecule has 1 N–H and O–H groups in total. The molecule has 3 heteroatoms. The third kappa shape index (κ3) is 8.57. The molecule has 1 saturated carbocycles. The highest BCUT2D eigenvalue weighted by atomic mass is 16.5. The molecule has 0 heterocycles. The summed E-state index contributed by atoms with van der Waals surface area (Å²) in [5.41, 5.74) is -0.581. The van der Waals surface area contributed by atoms with Crippen LogP contribution in [0.5, 0.6) is 0 Å². The lowest BCUT2D eigenvalue weighted by molar-refractivity contribution is -0.147. The zero-order valence-electron chi connectivity index (χ0n) is 13.3. The van der Waals surface area contributed by atoms with Crippen LogP contribution in [-0.2, 0) is 9.53 Å². The molecular formula is C17H32O3. The molecule has 0 aromatic heterocycles. The Morgan fingerprint density at radius 3 is 2.20 bits per heavy atom. The average Bonchev–Trinajstić information content (AvgIpc) is 3.19. The van der Waals surface area contributed by atoms with Gasteiger partial charge in [-0.3, -0.25) is 4.79 Å². The van der Waals surface area contributed by atoms with Gasteiger partial charge in [-0.1, -0.05) is 44.9 Å². The van der Waals surface area contributed by atoms with Gasteiger partial charge >= 0.3 is 5.97 Å². The molecule has 0 unspecified atom stereocenters. The molecule has 0 saturated heterocycles. The van der Waals surface area contributed by atoms with Gasteiger partial charge in [-0.2, -0.15) is 0 Å². The van der Waals surface area contributed by atoms with E-state index in [0.29, 0.717) is 0 Å². The van der Waals surface area contributed by atoms with E-state index in [4.69, 9.17) is 9.84 Å². The van der Waals surface area contributed by atoms with Crippen LogP contribution in [0, 0.1) is 11.3 Å². The number of carboxylic acid groups (broad SMARTS) is 1. The molecule has 3 nitrogen and oxygen atoms in total. The molecule has 0 radical (unpaired) electrons. The molecule has 118 valence electrons. The van der Waals surface area contributed by atoms with Crippen molar-refractivity contribution < 1.29 is 14.6 Å². The molecule has 1 rings (SSSR count). The van der Waals surface area contributed by atoms with Crippen LogP contribution in [0.3, 0.4) is 0 Å². The van der Waals surface area contributed by atoms with Crippen LogP contribution in [0.4, 0.5) is 0 Å². The maximum absolute atomic E-state index is 10.9. The van der Waals surface area contributed by atoms with E-state index < -0.39 is 11.4 Å². The maximum atomic E-state index is 10.9. The zero-order chi connectivity index (χ0) is 14.8. The highest BCUT2D eigenvalue weighted by molar-refractivity contribution is 5.73. The lowest BCUT2D eigenvalue weighted by Gasteiger charge is -2.18. The third-order valence-corrected chi connectivity index (χ3v) is 4.27. The van der Waals surface area contributed by atoms with E-state index in [0.717, 1.165) is 44.8 Å². The first-order valence-corrected chi connectivity index (χ1v) is 8.33. The second-order valence-corrected chi connectivity index (χ2v) is 6.90. The average molecular weight is 284 g/mol. The molecule has 0 aliphatic heterocycles. The fraction of sp³-hybridized carbons (Fsp3) is 0.941. The number of carbonyl (C=O) groups is 1. The molecule has 0 spiro atoms. The highest BCUT2D eigenvalue weighted by Crippen LogP contribution is 2.33. The van der Waals surface area contributed by atoms with Crippen LogP contribution >= 0.6 is 0 Å². The Morgan fingerprint density at radius 2 is 1.65 bits per heavy atom. The molecule has 0 bridgehead atoms. The smallest absolute Gasteiger partial charge is 0.309 e. The van der Waals surface area contributed by atoms with Gasteiger partial charge < -0.3 is 9.84 Å². The van der Waals surface area contributed by atoms with Crippen molar-refractivity contribution in [1.82, 2.24) is 0 Å². The van der Waals surface area contributed by atoms with E-state index in [1.54, 1.807) is 13.8 Å². The summed E-state index contributed by atoms with van der Waals surface area (Å²) < 4.78 is 5.62. The minimum absolute atomic E-state index is 0.581. The normalized spacial score (nSPS) is 15.5. The van der Waals surface area contributed by atoms with Gasteiger partial charge in [0.25, 0.3) is 0 Å². The van der Waals surface area contributed by atoms with Gasteiger partial charge in [-0.25, -0.2) is 0 Å². The summed E-state index contributed by atoms with van der Waals surface area (Å²) in [5.74, 6) is 0.367. The molecule has 1 aliphatic carbocycles. The molecule has 0 atom stereocenters. The second-order valence-electron chi connectivity index (χ2n) is 6.90. The summed E-state index contributed by atoms with van der Waals surface area (Å²) in [5, 5.41) is 9.00. The summed E-state index contributed by atoms with van der Waals surface area (Å²) >= 11 is 0. The first-order valence-electron chi connectivity index (χ1n) is 8.33. The quantitative estimate of drug-likeness (QED) is 0.501. The Balaban J connectivity index is 1.76. The molecule has 1 fully saturated rings. The van der Waals surface area contributed by atoms with Crippen molar-refractivity contribution in [2.45, 2.75) is 78.1 Å². The number of carboxylic acids is 1. The number of hydrogen-bond acceptors (Lipinski definition) is 2. The summed E-state index contributed by atoms with van der Waals surface area (Å²) in [4.78, 5) is 10.9. The van der Waals surface area contributed by atoms with E-state index >= 15 is 0 Å². The minimum Gasteiger partial charge on any atom is -0.481 e. The molecular weight excluding hydrogens is 252 g/mol. The highest BCUT2D eigenvalue weighted by Gasteiger charge is 2.25. The fourth-order valence-electron chi connectivity index (χ4n) is 2.38. The van der Waals surface area contributed by atoms with Crippen molar-refractivity contribution >= 4 is 5.97 Å². The Morgan fingerprint density at radius 1 is 1.05 bits per heavy atom. The first-order chi connectivity index (χ1) is 9.52. The summed E-state index contributed by atoms with van der Waals surface area (Å²) in [6.45, 7) is 5.32. The number of unbranched alkanes of at least 4 members (excludes halogenated alkanes) is 4. The number of ether oxygens (including phenoxy) is 1. The molecule has 0 aromatic carbocycles. The van der Waals surface area contributed by atoms with Gasteiger partial charge in [0.2, 0.25) is 0 Å². The lowest BCUT2D eigenvalue weighted by atomic mass is 9.87. The van der Waals surface area contributed by atoms with Crippen molar-refractivity contribution in [3.8, 4) is 0 Å². The van der Waals surface area contributed by atoms with E-state index in [-0.39, 0.29) is 0 Å². The predicted molar refractivity (Wildman–Crippen MR) is 81.9 cm³/mol.